The molecule has 1 saturated heterocycles. The van der Waals surface area contributed by atoms with Crippen LogP contribution in [0.15, 0.2) is 44.9 Å². The van der Waals surface area contributed by atoms with Gasteiger partial charge in [0.1, 0.15) is 12.9 Å². The molecule has 1 spiro atoms. The molecule has 2 fully saturated rings. The van der Waals surface area contributed by atoms with Crippen LogP contribution in [0.1, 0.15) is 70.8 Å². The van der Waals surface area contributed by atoms with Crippen molar-refractivity contribution in [3.05, 3.63) is 35.2 Å². The molecule has 1 saturated carbocycles. The highest BCUT2D eigenvalue weighted by Crippen LogP contribution is 2.50. The number of pyridine rings is 1. The van der Waals surface area contributed by atoms with Gasteiger partial charge in [-0.05, 0) is 74.8 Å². The second-order valence-electron chi connectivity index (χ2n) is 10.8. The Bertz CT molecular complexity index is 1070. The zero-order chi connectivity index (χ0) is 26.6. The number of esters is 1. The third kappa shape index (κ3) is 5.58. The monoisotopic (exact) mass is 510 g/mol. The molecule has 1 aromatic rings. The molecule has 4 rings (SSSR count). The van der Waals surface area contributed by atoms with Crippen molar-refractivity contribution in [1.82, 2.24) is 9.88 Å². The SMILES string of the molecule is CC1=C(N2CCC3(CCC(C(C)C(C)CC(CO)c4ccc(N=CN=NN)nc4)CC3)C2=O)COC1=O. The Morgan fingerprint density at radius 2 is 2.03 bits per heavy atom. The molecule has 3 unspecified atom stereocenters. The van der Waals surface area contributed by atoms with E-state index in [0.717, 1.165) is 49.8 Å². The molecule has 2 aliphatic heterocycles. The minimum absolute atomic E-state index is 0.000495. The number of ether oxygens (including phenoxy) is 1. The molecule has 3 N–H and O–H groups in total. The molecule has 3 aliphatic rings. The maximum absolute atomic E-state index is 13.4. The Kier molecular flexibility index (Phi) is 8.36. The second kappa shape index (κ2) is 11.5. The van der Waals surface area contributed by atoms with Crippen molar-refractivity contribution in [2.24, 2.45) is 44.3 Å². The van der Waals surface area contributed by atoms with Gasteiger partial charge in [0.25, 0.3) is 0 Å². The van der Waals surface area contributed by atoms with E-state index < -0.39 is 0 Å². The number of carbonyl (C=O) groups excluding carboxylic acids is 2. The Morgan fingerprint density at radius 3 is 2.62 bits per heavy atom. The fourth-order valence-corrected chi connectivity index (χ4v) is 6.28. The number of rotatable bonds is 9. The van der Waals surface area contributed by atoms with E-state index >= 15 is 0 Å². The van der Waals surface area contributed by atoms with Crippen molar-refractivity contribution in [1.29, 1.82) is 0 Å². The van der Waals surface area contributed by atoms with Crippen LogP contribution >= 0.6 is 0 Å². The average molecular weight is 511 g/mol. The summed E-state index contributed by atoms with van der Waals surface area (Å²) in [6.45, 7) is 7.26. The minimum atomic E-state index is -0.313. The Labute approximate surface area is 218 Å². The van der Waals surface area contributed by atoms with E-state index in [2.05, 4.69) is 34.2 Å². The van der Waals surface area contributed by atoms with Crippen LogP contribution in [0, 0.1) is 23.2 Å². The summed E-state index contributed by atoms with van der Waals surface area (Å²) in [6.07, 6.45) is 8.54. The van der Waals surface area contributed by atoms with Crippen LogP contribution in [0.2, 0.25) is 0 Å². The lowest BCUT2D eigenvalue weighted by Gasteiger charge is -2.40. The fourth-order valence-electron chi connectivity index (χ4n) is 6.28. The first-order chi connectivity index (χ1) is 17.8. The van der Waals surface area contributed by atoms with Crippen LogP contribution in [0.25, 0.3) is 0 Å². The largest absolute Gasteiger partial charge is 0.456 e. The summed E-state index contributed by atoms with van der Waals surface area (Å²) < 4.78 is 5.14. The number of nitrogens with two attached hydrogens (primary N) is 1. The lowest BCUT2D eigenvalue weighted by atomic mass is 9.64. The summed E-state index contributed by atoms with van der Waals surface area (Å²) in [7, 11) is 0. The second-order valence-corrected chi connectivity index (χ2v) is 10.8. The number of aliphatic hydroxyl groups is 1. The van der Waals surface area contributed by atoms with Crippen molar-refractivity contribution in [3.63, 3.8) is 0 Å². The molecule has 0 bridgehead atoms. The van der Waals surface area contributed by atoms with Crippen LogP contribution in [-0.2, 0) is 14.3 Å². The summed E-state index contributed by atoms with van der Waals surface area (Å²) in [6, 6.07) is 3.74. The summed E-state index contributed by atoms with van der Waals surface area (Å²) >= 11 is 0. The molecule has 0 aromatic carbocycles. The Morgan fingerprint density at radius 1 is 1.27 bits per heavy atom. The van der Waals surface area contributed by atoms with Crippen molar-refractivity contribution in [2.75, 3.05) is 19.8 Å². The number of cyclic esters (lactones) is 1. The number of amides is 1. The van der Waals surface area contributed by atoms with Gasteiger partial charge in [-0.2, -0.15) is 0 Å². The van der Waals surface area contributed by atoms with Crippen molar-refractivity contribution < 1.29 is 19.4 Å². The molecule has 10 nitrogen and oxygen atoms in total. The highest BCUT2D eigenvalue weighted by Gasteiger charge is 2.50. The fraction of sp³-hybridized carbons (Fsp3) is 0.630. The van der Waals surface area contributed by atoms with E-state index in [1.165, 1.54) is 6.34 Å². The van der Waals surface area contributed by atoms with E-state index in [9.17, 15) is 14.7 Å². The highest BCUT2D eigenvalue weighted by molar-refractivity contribution is 5.94. The van der Waals surface area contributed by atoms with E-state index in [4.69, 9.17) is 10.6 Å². The number of hydrogen-bond acceptors (Lipinski definition) is 7. The van der Waals surface area contributed by atoms with Gasteiger partial charge in [0.2, 0.25) is 5.91 Å². The van der Waals surface area contributed by atoms with Gasteiger partial charge < -0.3 is 20.6 Å². The number of likely N-dealkylation sites (tertiary alicyclic amines) is 1. The number of aliphatic hydroxyl groups excluding tert-OH is 1. The third-order valence-electron chi connectivity index (χ3n) is 8.97. The molecule has 3 atom stereocenters. The predicted octanol–water partition coefficient (Wildman–Crippen LogP) is 4.05. The third-order valence-corrected chi connectivity index (χ3v) is 8.97. The first-order valence-corrected chi connectivity index (χ1v) is 13.2. The van der Waals surface area contributed by atoms with E-state index in [1.807, 2.05) is 11.0 Å². The normalized spacial score (nSPS) is 27.0. The number of carbonyl (C=O) groups is 2. The standard InChI is InChI=1S/C27H38N6O4/c1-17(12-22(14-34)21-4-5-24(29-13-21)30-16-31-32-28)18(2)20-6-8-27(9-7-20)10-11-33(26(27)36)23-15-37-25(35)19(23)3/h4-5,13,16-18,20,22,34H,6-12,14-15H2,1-3H3,(H2,28,29,30,31). The van der Waals surface area contributed by atoms with Crippen LogP contribution < -0.4 is 5.84 Å². The number of aliphatic imine (C=N–C) groups is 1. The Balaban J connectivity index is 1.32. The first kappa shape index (κ1) is 26.9. The molecule has 1 amide bonds. The van der Waals surface area contributed by atoms with E-state index in [0.29, 0.717) is 35.7 Å². The molecule has 10 heteroatoms. The molecule has 37 heavy (non-hydrogen) atoms. The lowest BCUT2D eigenvalue weighted by molar-refractivity contribution is -0.138. The summed E-state index contributed by atoms with van der Waals surface area (Å²) in [5, 5.41) is 16.7. The lowest BCUT2D eigenvalue weighted by Crippen LogP contribution is -2.39. The molecule has 1 aliphatic carbocycles. The molecule has 1 aromatic heterocycles. The smallest absolute Gasteiger partial charge is 0.336 e. The van der Waals surface area contributed by atoms with Crippen LogP contribution in [0.3, 0.4) is 0 Å². The van der Waals surface area contributed by atoms with Crippen molar-refractivity contribution >= 4 is 24.0 Å². The Hall–Kier alpha value is -3.14. The van der Waals surface area contributed by atoms with Crippen LogP contribution in [0.4, 0.5) is 5.82 Å². The van der Waals surface area contributed by atoms with Gasteiger partial charge in [0, 0.05) is 25.3 Å². The highest BCUT2D eigenvalue weighted by atomic mass is 16.5. The number of nitrogens with zero attached hydrogens (tertiary/aromatic N) is 5. The average Bonchev–Trinajstić information content (AvgIpc) is 3.41. The summed E-state index contributed by atoms with van der Waals surface area (Å²) in [4.78, 5) is 35.4. The van der Waals surface area contributed by atoms with E-state index in [1.54, 1.807) is 19.2 Å². The van der Waals surface area contributed by atoms with Gasteiger partial charge in [-0.3, -0.25) is 4.79 Å². The van der Waals surface area contributed by atoms with Gasteiger partial charge in [-0.25, -0.2) is 14.8 Å². The topological polar surface area (TPSA) is 143 Å². The summed E-state index contributed by atoms with van der Waals surface area (Å²) in [5.74, 6) is 6.75. The first-order valence-electron chi connectivity index (χ1n) is 13.2. The van der Waals surface area contributed by atoms with Gasteiger partial charge in [-0.1, -0.05) is 25.1 Å². The summed E-state index contributed by atoms with van der Waals surface area (Å²) in [5.41, 5.74) is 2.00. The molecule has 0 radical (unpaired) electrons. The van der Waals surface area contributed by atoms with Crippen molar-refractivity contribution in [3.8, 4) is 0 Å². The predicted molar refractivity (Wildman–Crippen MR) is 139 cm³/mol. The quantitative estimate of drug-likeness (QED) is 0.128. The molecular formula is C27H38N6O4. The zero-order valence-corrected chi connectivity index (χ0v) is 22.0. The number of hydrogen-bond donors (Lipinski definition) is 2. The molecule has 200 valence electrons. The minimum Gasteiger partial charge on any atom is -0.456 e. The number of aromatic nitrogens is 1. The van der Waals surface area contributed by atoms with Crippen LogP contribution in [0.5, 0.6) is 0 Å². The van der Waals surface area contributed by atoms with E-state index in [-0.39, 0.29) is 36.4 Å². The zero-order valence-electron chi connectivity index (χ0n) is 22.0. The maximum atomic E-state index is 13.4. The van der Waals surface area contributed by atoms with Gasteiger partial charge >= 0.3 is 5.97 Å². The van der Waals surface area contributed by atoms with Gasteiger partial charge in [-0.15, -0.1) is 5.11 Å². The van der Waals surface area contributed by atoms with Gasteiger partial charge in [0.15, 0.2) is 5.82 Å². The molecule has 3 heterocycles. The van der Waals surface area contributed by atoms with Gasteiger partial charge in [0.05, 0.1) is 16.7 Å². The maximum Gasteiger partial charge on any atom is 0.336 e. The molecular weight excluding hydrogens is 472 g/mol. The van der Waals surface area contributed by atoms with Crippen LogP contribution in [-0.4, -0.2) is 53.0 Å². The van der Waals surface area contributed by atoms with Crippen molar-refractivity contribution in [2.45, 2.75) is 65.2 Å².